The highest BCUT2D eigenvalue weighted by Crippen LogP contribution is 2.45. The maximum atomic E-state index is 7.32. The average molecular weight is 806 g/mol. The van der Waals surface area contributed by atoms with Crippen LogP contribution in [0.25, 0.3) is 122 Å². The van der Waals surface area contributed by atoms with E-state index in [1.54, 1.807) is 0 Å². The average Bonchev–Trinajstić information content (AvgIpc) is 4.03. The maximum Gasteiger partial charge on any atom is 0.166 e. The van der Waals surface area contributed by atoms with E-state index >= 15 is 0 Å². The standard InChI is InChI=1S/C57H35N5O/c1-5-17-36(18-6-1)39-31-34-49-47(35-39)41-25-13-14-29-48(41)62(49)50-30-16-27-44-45-33-32-43-42-26-15-28-46(51(42)61(40-23-11-4-12-24-40)52(43)54(45)63-53(44)50)57-59-55(37-19-7-2-8-20-37)58-56(60-57)38-21-9-3-10-22-38/h1-35H. The normalized spacial score (nSPS) is 11.8. The first-order chi connectivity index (χ1) is 31.3. The quantitative estimate of drug-likeness (QED) is 0.168. The molecule has 13 rings (SSSR count). The van der Waals surface area contributed by atoms with E-state index in [0.29, 0.717) is 17.5 Å². The van der Waals surface area contributed by atoms with Gasteiger partial charge < -0.3 is 13.6 Å². The minimum absolute atomic E-state index is 0.596. The largest absolute Gasteiger partial charge is 0.452 e. The van der Waals surface area contributed by atoms with Crippen LogP contribution >= 0.6 is 0 Å². The van der Waals surface area contributed by atoms with Crippen LogP contribution in [0.1, 0.15) is 0 Å². The second kappa shape index (κ2) is 14.0. The highest BCUT2D eigenvalue weighted by atomic mass is 16.3. The fraction of sp³-hybridized carbons (Fsp3) is 0. The molecule has 0 fully saturated rings. The molecule has 0 amide bonds. The Bertz CT molecular complexity index is 3830. The van der Waals surface area contributed by atoms with Crippen LogP contribution in [0.2, 0.25) is 0 Å². The Morgan fingerprint density at radius 1 is 0.317 bits per heavy atom. The lowest BCUT2D eigenvalue weighted by Gasteiger charge is -2.12. The first kappa shape index (κ1) is 35.2. The Kier molecular flexibility index (Phi) is 7.80. The number of rotatable bonds is 6. The van der Waals surface area contributed by atoms with Crippen LogP contribution in [0.3, 0.4) is 0 Å². The van der Waals surface area contributed by atoms with Gasteiger partial charge in [-0.05, 0) is 59.7 Å². The van der Waals surface area contributed by atoms with Gasteiger partial charge in [0.15, 0.2) is 28.6 Å². The molecule has 0 spiro atoms. The molecule has 4 aromatic heterocycles. The Balaban J connectivity index is 1.10. The van der Waals surface area contributed by atoms with Gasteiger partial charge in [-0.3, -0.25) is 0 Å². The van der Waals surface area contributed by atoms with Gasteiger partial charge in [0.05, 0.1) is 27.8 Å². The molecule has 294 valence electrons. The van der Waals surface area contributed by atoms with Gasteiger partial charge in [-0.1, -0.05) is 164 Å². The van der Waals surface area contributed by atoms with Gasteiger partial charge in [0.25, 0.3) is 0 Å². The van der Waals surface area contributed by atoms with Crippen molar-refractivity contribution in [1.82, 2.24) is 24.1 Å². The summed E-state index contributed by atoms with van der Waals surface area (Å²) >= 11 is 0. The van der Waals surface area contributed by atoms with E-state index in [9.17, 15) is 0 Å². The van der Waals surface area contributed by atoms with E-state index in [1.165, 1.54) is 21.9 Å². The molecule has 13 aromatic rings. The minimum Gasteiger partial charge on any atom is -0.452 e. The molecule has 0 bridgehead atoms. The van der Waals surface area contributed by atoms with Crippen molar-refractivity contribution >= 4 is 65.6 Å². The van der Waals surface area contributed by atoms with Gasteiger partial charge in [0, 0.05) is 54.7 Å². The Hall–Kier alpha value is -8.61. The fourth-order valence-corrected chi connectivity index (χ4v) is 9.55. The van der Waals surface area contributed by atoms with Gasteiger partial charge in [-0.25, -0.2) is 15.0 Å². The molecule has 0 aliphatic heterocycles. The zero-order chi connectivity index (χ0) is 41.4. The highest BCUT2D eigenvalue weighted by Gasteiger charge is 2.25. The molecule has 0 N–H and O–H groups in total. The van der Waals surface area contributed by atoms with Crippen molar-refractivity contribution in [2.24, 2.45) is 0 Å². The molecule has 4 heterocycles. The number of fused-ring (bicyclic) bond motifs is 10. The summed E-state index contributed by atoms with van der Waals surface area (Å²) in [6.07, 6.45) is 0. The third-order valence-corrected chi connectivity index (χ3v) is 12.4. The number of aromatic nitrogens is 5. The smallest absolute Gasteiger partial charge is 0.166 e. The second-order valence-corrected chi connectivity index (χ2v) is 16.0. The van der Waals surface area contributed by atoms with Crippen molar-refractivity contribution in [2.45, 2.75) is 0 Å². The van der Waals surface area contributed by atoms with Crippen LogP contribution in [0.5, 0.6) is 0 Å². The molecule has 0 aliphatic carbocycles. The third kappa shape index (κ3) is 5.48. The number of hydrogen-bond donors (Lipinski definition) is 0. The summed E-state index contributed by atoms with van der Waals surface area (Å²) in [4.78, 5) is 15.4. The fourth-order valence-electron chi connectivity index (χ4n) is 9.55. The third-order valence-electron chi connectivity index (χ3n) is 12.4. The van der Waals surface area contributed by atoms with Crippen molar-refractivity contribution in [1.29, 1.82) is 0 Å². The van der Waals surface area contributed by atoms with E-state index in [2.05, 4.69) is 161 Å². The van der Waals surface area contributed by atoms with Crippen LogP contribution in [0.15, 0.2) is 217 Å². The van der Waals surface area contributed by atoms with Crippen LogP contribution in [-0.4, -0.2) is 24.1 Å². The van der Waals surface area contributed by atoms with Gasteiger partial charge in [-0.15, -0.1) is 0 Å². The summed E-state index contributed by atoms with van der Waals surface area (Å²) in [6.45, 7) is 0. The second-order valence-electron chi connectivity index (χ2n) is 16.0. The minimum atomic E-state index is 0.596. The van der Waals surface area contributed by atoms with E-state index in [1.807, 2.05) is 60.7 Å². The van der Waals surface area contributed by atoms with Gasteiger partial charge in [0.2, 0.25) is 0 Å². The molecule has 0 saturated heterocycles. The highest BCUT2D eigenvalue weighted by molar-refractivity contribution is 6.24. The van der Waals surface area contributed by atoms with Crippen LogP contribution in [0, 0.1) is 0 Å². The van der Waals surface area contributed by atoms with Crippen molar-refractivity contribution in [3.8, 4) is 56.7 Å². The monoisotopic (exact) mass is 805 g/mol. The molecule has 63 heavy (non-hydrogen) atoms. The first-order valence-electron chi connectivity index (χ1n) is 21.2. The lowest BCUT2D eigenvalue weighted by molar-refractivity contribution is 0.668. The summed E-state index contributed by atoms with van der Waals surface area (Å²) in [5.74, 6) is 1.83. The molecule has 6 nitrogen and oxygen atoms in total. The van der Waals surface area contributed by atoms with Crippen LogP contribution in [0.4, 0.5) is 0 Å². The number of para-hydroxylation sites is 4. The van der Waals surface area contributed by atoms with Crippen molar-refractivity contribution in [3.63, 3.8) is 0 Å². The predicted octanol–water partition coefficient (Wildman–Crippen LogP) is 14.6. The molecular weight excluding hydrogens is 771 g/mol. The van der Waals surface area contributed by atoms with E-state index in [-0.39, 0.29) is 0 Å². The summed E-state index contributed by atoms with van der Waals surface area (Å²) in [5, 5.41) is 6.65. The number of benzene rings is 9. The Morgan fingerprint density at radius 2 is 0.857 bits per heavy atom. The first-order valence-corrected chi connectivity index (χ1v) is 21.2. The van der Waals surface area contributed by atoms with Crippen molar-refractivity contribution in [2.75, 3.05) is 0 Å². The van der Waals surface area contributed by atoms with E-state index < -0.39 is 0 Å². The van der Waals surface area contributed by atoms with Crippen LogP contribution in [-0.2, 0) is 0 Å². The number of hydrogen-bond acceptors (Lipinski definition) is 4. The molecule has 9 aromatic carbocycles. The van der Waals surface area contributed by atoms with E-state index in [4.69, 9.17) is 19.4 Å². The van der Waals surface area contributed by atoms with E-state index in [0.717, 1.165) is 82.8 Å². The Labute approximate surface area is 361 Å². The number of furan rings is 1. The van der Waals surface area contributed by atoms with Crippen molar-refractivity contribution < 1.29 is 4.42 Å². The zero-order valence-corrected chi connectivity index (χ0v) is 33.9. The Morgan fingerprint density at radius 3 is 1.59 bits per heavy atom. The lowest BCUT2D eigenvalue weighted by atomic mass is 10.0. The molecule has 0 unspecified atom stereocenters. The van der Waals surface area contributed by atoms with Gasteiger partial charge in [-0.2, -0.15) is 0 Å². The SMILES string of the molecule is c1ccc(-c2ccc3c(c2)c2ccccc2n3-c2cccc3c2oc2c3ccc3c4cccc(-c5nc(-c6ccccc6)nc(-c6ccccc6)n5)c4n(-c4ccccc4)c32)cc1. The van der Waals surface area contributed by atoms with Gasteiger partial charge in [0.1, 0.15) is 0 Å². The summed E-state index contributed by atoms with van der Waals surface area (Å²) in [7, 11) is 0. The molecular formula is C57H35N5O. The molecule has 0 aliphatic rings. The number of nitrogens with zero attached hydrogens (tertiary/aromatic N) is 5. The van der Waals surface area contributed by atoms with Crippen LogP contribution < -0.4 is 0 Å². The maximum absolute atomic E-state index is 7.32. The van der Waals surface area contributed by atoms with Crippen molar-refractivity contribution in [3.05, 3.63) is 212 Å². The summed E-state index contributed by atoms with van der Waals surface area (Å²) in [6, 6.07) is 74.2. The van der Waals surface area contributed by atoms with Gasteiger partial charge >= 0.3 is 0 Å². The molecule has 6 heteroatoms. The topological polar surface area (TPSA) is 61.7 Å². The predicted molar refractivity (Wildman–Crippen MR) is 258 cm³/mol. The molecule has 0 saturated carbocycles. The zero-order valence-electron chi connectivity index (χ0n) is 33.9. The summed E-state index contributed by atoms with van der Waals surface area (Å²) in [5.41, 5.74) is 13.0. The summed E-state index contributed by atoms with van der Waals surface area (Å²) < 4.78 is 12.0. The lowest BCUT2D eigenvalue weighted by Crippen LogP contribution is -2.02. The molecule has 0 atom stereocenters. The molecule has 0 radical (unpaired) electrons.